The summed E-state index contributed by atoms with van der Waals surface area (Å²) < 4.78 is 1.89. The number of aromatic amines is 1. The van der Waals surface area contributed by atoms with Crippen LogP contribution in [0.2, 0.25) is 0 Å². The minimum absolute atomic E-state index is 0.162. The smallest absolute Gasteiger partial charge is 0.260 e. The fourth-order valence-corrected chi connectivity index (χ4v) is 5.95. The van der Waals surface area contributed by atoms with Crippen LogP contribution in [0.4, 0.5) is 0 Å². The van der Waals surface area contributed by atoms with Crippen molar-refractivity contribution in [2.45, 2.75) is 23.9 Å². The highest BCUT2D eigenvalue weighted by Gasteiger charge is 2.17. The van der Waals surface area contributed by atoms with Gasteiger partial charge in [0.2, 0.25) is 5.91 Å². The molecule has 5 aromatic rings. The van der Waals surface area contributed by atoms with Crippen LogP contribution in [-0.2, 0) is 17.1 Å². The molecule has 11 heteroatoms. The van der Waals surface area contributed by atoms with E-state index in [1.54, 1.807) is 11.3 Å². The molecule has 0 aliphatic carbocycles. The normalized spacial score (nSPS) is 11.3. The molecule has 4 heterocycles. The Morgan fingerprint density at radius 2 is 1.97 bits per heavy atom. The fourth-order valence-electron chi connectivity index (χ4n) is 3.43. The zero-order valence-corrected chi connectivity index (χ0v) is 19.7. The number of rotatable bonds is 8. The molecule has 8 nitrogen and oxygen atoms in total. The van der Waals surface area contributed by atoms with Gasteiger partial charge in [-0.05, 0) is 17.0 Å². The molecule has 0 fully saturated rings. The Balaban J connectivity index is 1.42. The monoisotopic (exact) mass is 494 g/mol. The topological polar surface area (TPSA) is 120 Å². The van der Waals surface area contributed by atoms with Crippen molar-refractivity contribution < 1.29 is 4.79 Å². The second-order valence-electron chi connectivity index (χ2n) is 7.15. The first-order valence-corrected chi connectivity index (χ1v) is 12.8. The number of H-pyrrole nitrogens is 1. The second-order valence-corrected chi connectivity index (χ2v) is 9.90. The molecule has 33 heavy (non-hydrogen) atoms. The summed E-state index contributed by atoms with van der Waals surface area (Å²) in [5.41, 5.74) is 7.07. The van der Waals surface area contributed by atoms with Crippen LogP contribution >= 0.6 is 34.4 Å². The summed E-state index contributed by atoms with van der Waals surface area (Å²) in [6.07, 6.45) is 0.183. The molecule has 3 N–H and O–H groups in total. The van der Waals surface area contributed by atoms with E-state index in [9.17, 15) is 9.59 Å². The summed E-state index contributed by atoms with van der Waals surface area (Å²) in [7, 11) is 0. The molecule has 0 bridgehead atoms. The summed E-state index contributed by atoms with van der Waals surface area (Å²) in [6, 6.07) is 13.7. The minimum atomic E-state index is -0.389. The van der Waals surface area contributed by atoms with E-state index in [1.165, 1.54) is 23.1 Å². The highest BCUT2D eigenvalue weighted by atomic mass is 32.2. The van der Waals surface area contributed by atoms with E-state index in [1.807, 2.05) is 57.8 Å². The lowest BCUT2D eigenvalue weighted by molar-refractivity contribution is -0.118. The molecule has 0 saturated carbocycles. The lowest BCUT2D eigenvalue weighted by Gasteiger charge is -2.08. The Hall–Kier alpha value is -3.28. The molecule has 166 valence electrons. The zero-order valence-electron chi connectivity index (χ0n) is 17.2. The van der Waals surface area contributed by atoms with E-state index in [4.69, 9.17) is 5.73 Å². The molecule has 1 aromatic carbocycles. The first-order valence-electron chi connectivity index (χ1n) is 10.0. The van der Waals surface area contributed by atoms with Crippen LogP contribution in [0.5, 0.6) is 0 Å². The van der Waals surface area contributed by atoms with Crippen LogP contribution in [0, 0.1) is 0 Å². The van der Waals surface area contributed by atoms with E-state index in [0.29, 0.717) is 39.3 Å². The molecular weight excluding hydrogens is 476 g/mol. The summed E-state index contributed by atoms with van der Waals surface area (Å²) in [4.78, 5) is 33.5. The summed E-state index contributed by atoms with van der Waals surface area (Å²) >= 11 is 4.41. The van der Waals surface area contributed by atoms with E-state index in [-0.39, 0.29) is 17.9 Å². The third-order valence-electron chi connectivity index (χ3n) is 4.96. The predicted octanol–water partition coefficient (Wildman–Crippen LogP) is 4.14. The van der Waals surface area contributed by atoms with Crippen molar-refractivity contribution in [2.75, 3.05) is 0 Å². The average molecular weight is 495 g/mol. The third-order valence-corrected chi connectivity index (χ3v) is 7.67. The maximum Gasteiger partial charge on any atom is 0.260 e. The fraction of sp³-hybridized carbons (Fsp3) is 0.136. The number of carbonyl (C=O) groups is 1. The molecule has 5 rings (SSSR count). The predicted molar refractivity (Wildman–Crippen MR) is 132 cm³/mol. The zero-order chi connectivity index (χ0) is 22.8. The van der Waals surface area contributed by atoms with E-state index in [0.717, 1.165) is 16.0 Å². The van der Waals surface area contributed by atoms with Gasteiger partial charge in [0.1, 0.15) is 10.7 Å². The Morgan fingerprint density at radius 1 is 1.12 bits per heavy atom. The molecular formula is C22H18N6O2S3. The number of nitrogens with one attached hydrogen (secondary N) is 1. The lowest BCUT2D eigenvalue weighted by Crippen LogP contribution is -2.15. The van der Waals surface area contributed by atoms with Gasteiger partial charge in [-0.1, -0.05) is 48.2 Å². The number of carbonyl (C=O) groups excluding carboxylic acids is 1. The number of nitrogens with two attached hydrogens (primary N) is 1. The Morgan fingerprint density at radius 3 is 2.73 bits per heavy atom. The minimum Gasteiger partial charge on any atom is -0.370 e. The molecule has 0 aliphatic heterocycles. The van der Waals surface area contributed by atoms with Crippen molar-refractivity contribution in [2.24, 2.45) is 5.73 Å². The van der Waals surface area contributed by atoms with Gasteiger partial charge in [-0.2, -0.15) is 0 Å². The average Bonchev–Trinajstić information content (AvgIpc) is 3.56. The number of thiophene rings is 2. The highest BCUT2D eigenvalue weighted by molar-refractivity contribution is 7.98. The number of hydrogen-bond donors (Lipinski definition) is 2. The third kappa shape index (κ3) is 4.47. The first-order chi connectivity index (χ1) is 16.1. The Bertz CT molecular complexity index is 1470. The second kappa shape index (κ2) is 9.30. The van der Waals surface area contributed by atoms with E-state index in [2.05, 4.69) is 20.2 Å². The largest absolute Gasteiger partial charge is 0.370 e. The van der Waals surface area contributed by atoms with E-state index >= 15 is 0 Å². The highest BCUT2D eigenvalue weighted by Crippen LogP contribution is 2.32. The Labute approximate surface area is 200 Å². The van der Waals surface area contributed by atoms with Crippen molar-refractivity contribution in [3.8, 4) is 21.8 Å². The molecule has 0 atom stereocenters. The number of fused-ring (bicyclic) bond motifs is 1. The van der Waals surface area contributed by atoms with Crippen molar-refractivity contribution in [3.63, 3.8) is 0 Å². The van der Waals surface area contributed by atoms with Gasteiger partial charge in [-0.25, -0.2) is 4.98 Å². The standard InChI is InChI=1S/C22H18N6O2S3/c23-16(29)8-9-28-19(15-7-4-10-31-15)26-27-22(28)33-12-17-24-20(30)18-14(11-32-21(18)25-17)13-5-2-1-3-6-13/h1-7,10-11H,8-9,12H2,(H2,23,29)(H,24,25,30). The van der Waals surface area contributed by atoms with Crippen molar-refractivity contribution in [1.82, 2.24) is 24.7 Å². The van der Waals surface area contributed by atoms with Crippen LogP contribution < -0.4 is 11.3 Å². The number of nitrogens with zero attached hydrogens (tertiary/aromatic N) is 4. The van der Waals surface area contributed by atoms with Crippen LogP contribution in [0.25, 0.3) is 32.0 Å². The van der Waals surface area contributed by atoms with Gasteiger partial charge in [0.15, 0.2) is 11.0 Å². The van der Waals surface area contributed by atoms with Crippen LogP contribution in [0.1, 0.15) is 12.2 Å². The summed E-state index contributed by atoms with van der Waals surface area (Å²) in [5.74, 6) is 1.26. The number of aromatic nitrogens is 5. The Kier molecular flexibility index (Phi) is 6.07. The van der Waals surface area contributed by atoms with Gasteiger partial charge in [0.25, 0.3) is 5.56 Å². The molecule has 1 amide bonds. The van der Waals surface area contributed by atoms with Gasteiger partial charge in [-0.3, -0.25) is 9.59 Å². The van der Waals surface area contributed by atoms with Gasteiger partial charge in [-0.15, -0.1) is 32.9 Å². The van der Waals surface area contributed by atoms with Gasteiger partial charge < -0.3 is 15.3 Å². The number of hydrogen-bond acceptors (Lipinski definition) is 8. The van der Waals surface area contributed by atoms with Gasteiger partial charge >= 0.3 is 0 Å². The SMILES string of the molecule is NC(=O)CCn1c(SCc2nc3scc(-c4ccccc4)c3c(=O)[nH]2)nnc1-c1cccs1. The maximum atomic E-state index is 12.9. The molecule has 0 radical (unpaired) electrons. The van der Waals surface area contributed by atoms with Crippen LogP contribution in [0.15, 0.2) is 63.2 Å². The first kappa shape index (κ1) is 21.6. The molecule has 0 saturated heterocycles. The van der Waals surface area contributed by atoms with Crippen molar-refractivity contribution in [1.29, 1.82) is 0 Å². The van der Waals surface area contributed by atoms with Crippen molar-refractivity contribution >= 4 is 50.6 Å². The lowest BCUT2D eigenvalue weighted by atomic mass is 10.1. The number of primary amides is 1. The maximum absolute atomic E-state index is 12.9. The molecule has 0 unspecified atom stereocenters. The van der Waals surface area contributed by atoms with Crippen LogP contribution in [0.3, 0.4) is 0 Å². The molecule has 4 aromatic heterocycles. The molecule has 0 spiro atoms. The number of benzene rings is 1. The summed E-state index contributed by atoms with van der Waals surface area (Å²) in [5, 5.41) is 13.8. The number of thioether (sulfide) groups is 1. The number of amides is 1. The van der Waals surface area contributed by atoms with E-state index < -0.39 is 0 Å². The molecule has 0 aliphatic rings. The quantitative estimate of drug-likeness (QED) is 0.313. The van der Waals surface area contributed by atoms with Crippen molar-refractivity contribution in [3.05, 3.63) is 69.4 Å². The van der Waals surface area contributed by atoms with Crippen LogP contribution in [-0.4, -0.2) is 30.6 Å². The van der Waals surface area contributed by atoms with Gasteiger partial charge in [0, 0.05) is 23.9 Å². The summed E-state index contributed by atoms with van der Waals surface area (Å²) in [6.45, 7) is 0.381. The van der Waals surface area contributed by atoms with Gasteiger partial charge in [0.05, 0.1) is 16.0 Å².